The van der Waals surface area contributed by atoms with Crippen molar-refractivity contribution in [2.75, 3.05) is 54.2 Å². The van der Waals surface area contributed by atoms with E-state index in [-0.39, 0.29) is 25.2 Å². The molecule has 0 spiro atoms. The molecule has 3 aliphatic rings. The first-order valence-corrected chi connectivity index (χ1v) is 29.0. The number of allylic oxidation sites excluding steroid dienone is 3. The molecule has 1 unspecified atom stereocenters. The van der Waals surface area contributed by atoms with Gasteiger partial charge in [0.15, 0.2) is 24.7 Å². The molecule has 5 heterocycles. The van der Waals surface area contributed by atoms with E-state index in [9.17, 15) is 30.0 Å². The number of aliphatic hydroxyl groups is 4. The number of benzene rings is 1. The van der Waals surface area contributed by atoms with Crippen molar-refractivity contribution < 1.29 is 77.4 Å². The monoisotopic (exact) mass is 1140 g/mol. The smallest absolute Gasteiger partial charge is 0.308 e. The van der Waals surface area contributed by atoms with Gasteiger partial charge in [-0.2, -0.15) is 0 Å². The van der Waals surface area contributed by atoms with Crippen molar-refractivity contribution in [3.63, 3.8) is 0 Å². The number of nitrogens with zero attached hydrogens (tertiary/aromatic N) is 6. The van der Waals surface area contributed by atoms with E-state index in [1.165, 1.54) is 31.8 Å². The first-order chi connectivity index (χ1) is 38.4. The highest BCUT2D eigenvalue weighted by Gasteiger charge is 2.49. The Morgan fingerprint density at radius 2 is 1.57 bits per heavy atom. The molecular formula is C57H88N6O16S. The standard InChI is InChI=1S/C57H88N6O16S/c1-12-46-40(31-75-57-55(71-11)54(70-10)51(68)37(8)77-57)26-33(4)16-21-44(64)34(5)27-39(28-48(72-13-2)73-14-3)53(35(6)45(65)29-47(66)78-46)79-56-52(69)49(50(67)36(7)76-56)62(9)24-22-41-30-63(60-58-41)23-15-25-74-42-19-17-38(18-20-42)43-32-80-61-59-43/h16-21,26,30,32,34-37,39-40,45-46,48-57,65,67-69H,12-15,22-25,27-29,31H2,1-11H3/b21-16+,33-26+/t34-,35+,36-,37-,39-,40-,45-,46-,49+,50-,51-,52-,53-,54-,55-,56+,57?/m1/s1. The molecule has 0 radical (unpaired) electrons. The molecule has 6 rings (SSSR count). The van der Waals surface area contributed by atoms with Crippen LogP contribution in [0.2, 0.25) is 0 Å². The van der Waals surface area contributed by atoms with Gasteiger partial charge in [-0.1, -0.05) is 48.2 Å². The number of aromatic nitrogens is 5. The molecule has 0 saturated carbocycles. The van der Waals surface area contributed by atoms with Gasteiger partial charge in [-0.05, 0) is 102 Å². The number of cyclic esters (lactones) is 1. The maximum absolute atomic E-state index is 14.2. The number of aryl methyl sites for hydroxylation is 1. The number of hydrogen-bond donors (Lipinski definition) is 4. The molecule has 2 fully saturated rings. The Kier molecular flexibility index (Phi) is 26.0. The summed E-state index contributed by atoms with van der Waals surface area (Å²) < 4.78 is 66.8. The maximum atomic E-state index is 14.2. The third kappa shape index (κ3) is 17.9. The van der Waals surface area contributed by atoms with Crippen LogP contribution in [-0.2, 0) is 65.2 Å². The Balaban J connectivity index is 1.17. The fourth-order valence-corrected chi connectivity index (χ4v) is 11.2. The predicted molar refractivity (Wildman–Crippen MR) is 295 cm³/mol. The molecule has 3 aliphatic heterocycles. The van der Waals surface area contributed by atoms with Gasteiger partial charge < -0.3 is 67.8 Å². The molecule has 22 nitrogen and oxygen atoms in total. The normalized spacial score (nSPS) is 33.4. The Bertz CT molecular complexity index is 2360. The Hall–Kier alpha value is -4.18. The zero-order valence-electron chi connectivity index (χ0n) is 48.4. The molecule has 2 aromatic heterocycles. The van der Waals surface area contributed by atoms with Crippen LogP contribution in [0, 0.1) is 23.7 Å². The molecule has 3 aromatic rings. The van der Waals surface area contributed by atoms with E-state index in [0.717, 1.165) is 22.7 Å². The number of hydrogen-bond acceptors (Lipinski definition) is 22. The summed E-state index contributed by atoms with van der Waals surface area (Å²) in [5, 5.41) is 61.5. The van der Waals surface area contributed by atoms with Gasteiger partial charge in [0.2, 0.25) is 0 Å². The van der Waals surface area contributed by atoms with Crippen molar-refractivity contribution in [3.05, 3.63) is 65.3 Å². The van der Waals surface area contributed by atoms with Crippen molar-refractivity contribution in [2.45, 2.75) is 186 Å². The number of ether oxygens (including phenoxy) is 10. The van der Waals surface area contributed by atoms with Crippen LogP contribution in [0.25, 0.3) is 11.3 Å². The fourth-order valence-electron chi connectivity index (χ4n) is 10.8. The van der Waals surface area contributed by atoms with Crippen molar-refractivity contribution >= 4 is 23.3 Å². The fraction of sp³-hybridized carbons (Fsp3) is 0.719. The highest BCUT2D eigenvalue weighted by Crippen LogP contribution is 2.37. The molecule has 23 heteroatoms. The second-order valence-electron chi connectivity index (χ2n) is 21.3. The number of likely N-dealkylation sites (N-methyl/N-ethyl adjacent to an activating group) is 1. The third-order valence-corrected chi connectivity index (χ3v) is 15.9. The van der Waals surface area contributed by atoms with E-state index in [1.807, 2.05) is 81.4 Å². The largest absolute Gasteiger partial charge is 0.494 e. The lowest BCUT2D eigenvalue weighted by atomic mass is 9.79. The second-order valence-corrected chi connectivity index (χ2v) is 21.9. The average Bonchev–Trinajstić information content (AvgIpc) is 4.16. The summed E-state index contributed by atoms with van der Waals surface area (Å²) in [7, 11) is 4.76. The van der Waals surface area contributed by atoms with Gasteiger partial charge in [0.25, 0.3) is 0 Å². The number of rotatable bonds is 24. The van der Waals surface area contributed by atoms with Crippen LogP contribution in [0.4, 0.5) is 0 Å². The van der Waals surface area contributed by atoms with Crippen molar-refractivity contribution in [3.8, 4) is 17.0 Å². The van der Waals surface area contributed by atoms with E-state index in [4.69, 9.17) is 47.4 Å². The zero-order valence-corrected chi connectivity index (χ0v) is 49.2. The third-order valence-electron chi connectivity index (χ3n) is 15.4. The first-order valence-electron chi connectivity index (χ1n) is 28.2. The molecular weight excluding hydrogens is 1060 g/mol. The highest BCUT2D eigenvalue weighted by atomic mass is 32.1. The van der Waals surface area contributed by atoms with Crippen LogP contribution in [0.3, 0.4) is 0 Å². The van der Waals surface area contributed by atoms with Gasteiger partial charge in [0.05, 0.1) is 61.9 Å². The van der Waals surface area contributed by atoms with Gasteiger partial charge in [-0.25, -0.2) is 0 Å². The average molecular weight is 1150 g/mol. The van der Waals surface area contributed by atoms with E-state index < -0.39 is 122 Å². The molecule has 17 atom stereocenters. The summed E-state index contributed by atoms with van der Waals surface area (Å²) in [5.41, 5.74) is 3.22. The zero-order chi connectivity index (χ0) is 58.0. The highest BCUT2D eigenvalue weighted by molar-refractivity contribution is 7.03. The van der Waals surface area contributed by atoms with Gasteiger partial charge in [-0.3, -0.25) is 19.2 Å². The van der Waals surface area contributed by atoms with Gasteiger partial charge in [0.1, 0.15) is 42.0 Å². The molecule has 448 valence electrons. The minimum Gasteiger partial charge on any atom is -0.494 e. The molecule has 1 aromatic carbocycles. The summed E-state index contributed by atoms with van der Waals surface area (Å²) in [6.45, 7) is 16.5. The minimum atomic E-state index is -1.40. The number of ketones is 1. The lowest BCUT2D eigenvalue weighted by Gasteiger charge is -2.47. The summed E-state index contributed by atoms with van der Waals surface area (Å²) in [4.78, 5) is 30.1. The van der Waals surface area contributed by atoms with E-state index in [0.29, 0.717) is 57.7 Å². The number of esters is 1. The van der Waals surface area contributed by atoms with Crippen LogP contribution in [-0.4, -0.2) is 202 Å². The number of aliphatic hydroxyl groups excluding tert-OH is 4. The van der Waals surface area contributed by atoms with Crippen molar-refractivity contribution in [2.24, 2.45) is 23.7 Å². The quantitative estimate of drug-likeness (QED) is 0.0525. The van der Waals surface area contributed by atoms with Gasteiger partial charge in [-0.15, -0.1) is 10.2 Å². The van der Waals surface area contributed by atoms with E-state index in [1.54, 1.807) is 38.6 Å². The van der Waals surface area contributed by atoms with Crippen LogP contribution < -0.4 is 4.74 Å². The number of carbonyl (C=O) groups excluding carboxylic acids is 2. The Morgan fingerprint density at radius 3 is 2.24 bits per heavy atom. The number of methoxy groups -OCH3 is 2. The molecule has 80 heavy (non-hydrogen) atoms. The molecule has 4 N–H and O–H groups in total. The maximum Gasteiger partial charge on any atom is 0.308 e. The van der Waals surface area contributed by atoms with E-state index in [2.05, 4.69) is 19.9 Å². The predicted octanol–water partition coefficient (Wildman–Crippen LogP) is 4.95. The van der Waals surface area contributed by atoms with E-state index >= 15 is 0 Å². The summed E-state index contributed by atoms with van der Waals surface area (Å²) in [6, 6.07) is 6.85. The van der Waals surface area contributed by atoms with Gasteiger partial charge in [0, 0.05) is 94.7 Å². The lowest BCUT2D eigenvalue weighted by molar-refractivity contribution is -0.307. The molecule has 0 bridgehead atoms. The SMILES string of the molecule is CCOC(C[C@H]1C[C@@H](C)C(=O)/C=C/C(C)=C/[C@H](COC2O[C@H](C)[C@@H](O)[C@@H](OC)[C@H]2OC)[C@@H](CC)OC(=O)C[C@@H](O)[C@H](C)[C@H]1O[C@@H]1O[C@H](C)[C@@H](O)[C@H](N(C)CCc2cn(CCCOc3ccc(-c4csnn4)cc3)nn2)[C@H]1O)OCC. The second kappa shape index (κ2) is 32.0. The Morgan fingerprint density at radius 1 is 0.875 bits per heavy atom. The van der Waals surface area contributed by atoms with Gasteiger partial charge >= 0.3 is 5.97 Å². The number of carbonyl (C=O) groups is 2. The summed E-state index contributed by atoms with van der Waals surface area (Å²) in [6.07, 6.45) is -3.94. The lowest BCUT2D eigenvalue weighted by Crippen LogP contribution is -2.64. The summed E-state index contributed by atoms with van der Waals surface area (Å²) >= 11 is 1.30. The van der Waals surface area contributed by atoms with Crippen molar-refractivity contribution in [1.29, 1.82) is 0 Å². The topological polar surface area (TPSA) is 267 Å². The summed E-state index contributed by atoms with van der Waals surface area (Å²) in [5.74, 6) is -2.61. The van der Waals surface area contributed by atoms with Crippen LogP contribution >= 0.6 is 11.5 Å². The molecule has 0 aliphatic carbocycles. The Labute approximate surface area is 475 Å². The molecule has 0 amide bonds. The molecule has 2 saturated heterocycles. The van der Waals surface area contributed by atoms with Crippen LogP contribution in [0.5, 0.6) is 5.75 Å². The minimum absolute atomic E-state index is 0.000993. The van der Waals surface area contributed by atoms with Crippen molar-refractivity contribution in [1.82, 2.24) is 29.5 Å². The van der Waals surface area contributed by atoms with Crippen LogP contribution in [0.1, 0.15) is 93.2 Å². The first kappa shape index (κ1) is 65.0. The van der Waals surface area contributed by atoms with Crippen LogP contribution in [0.15, 0.2) is 59.6 Å².